The Morgan fingerprint density at radius 3 is 2.76 bits per heavy atom. The second kappa shape index (κ2) is 5.66. The Morgan fingerprint density at radius 1 is 1.38 bits per heavy atom. The number of alkyl halides is 3. The van der Waals surface area contributed by atoms with Crippen LogP contribution in [0.4, 0.5) is 13.2 Å². The van der Waals surface area contributed by atoms with E-state index < -0.39 is 12.1 Å². The summed E-state index contributed by atoms with van der Waals surface area (Å²) in [6.07, 6.45) is -1.58. The van der Waals surface area contributed by atoms with Crippen LogP contribution in [0.3, 0.4) is 0 Å². The SMILES string of the molecule is N#CCn1cc(-c2ccc(OC(F)(F)F)c(C=O)c2)cn1. The molecule has 0 aliphatic heterocycles. The van der Waals surface area contributed by atoms with E-state index in [-0.39, 0.29) is 18.4 Å². The standard InChI is InChI=1S/C13H8F3N3O2/c14-13(15,16)21-12-2-1-9(5-10(12)8-20)11-6-18-19(7-11)4-3-17/h1-2,5-8H,4H2. The third kappa shape index (κ3) is 3.60. The Hall–Kier alpha value is -2.82. The van der Waals surface area contributed by atoms with E-state index in [2.05, 4.69) is 9.84 Å². The number of aldehydes is 1. The van der Waals surface area contributed by atoms with Crippen molar-refractivity contribution in [2.75, 3.05) is 0 Å². The molecule has 1 heterocycles. The van der Waals surface area contributed by atoms with E-state index in [0.29, 0.717) is 11.1 Å². The van der Waals surface area contributed by atoms with Gasteiger partial charge in [-0.3, -0.25) is 9.48 Å². The molecule has 2 aromatic rings. The van der Waals surface area contributed by atoms with Gasteiger partial charge >= 0.3 is 6.36 Å². The van der Waals surface area contributed by atoms with Crippen LogP contribution in [0.25, 0.3) is 11.1 Å². The molecule has 0 saturated carbocycles. The molecule has 0 atom stereocenters. The molecule has 8 heteroatoms. The summed E-state index contributed by atoms with van der Waals surface area (Å²) < 4.78 is 41.7. The van der Waals surface area contributed by atoms with E-state index >= 15 is 0 Å². The van der Waals surface area contributed by atoms with E-state index in [4.69, 9.17) is 5.26 Å². The molecule has 0 aliphatic carbocycles. The van der Waals surface area contributed by atoms with Gasteiger partial charge in [0, 0.05) is 11.8 Å². The first-order valence-electron chi connectivity index (χ1n) is 5.67. The highest BCUT2D eigenvalue weighted by Crippen LogP contribution is 2.29. The van der Waals surface area contributed by atoms with Gasteiger partial charge in [0.25, 0.3) is 0 Å². The fourth-order valence-electron chi connectivity index (χ4n) is 1.71. The number of aromatic nitrogens is 2. The number of ether oxygens (including phenoxy) is 1. The molecule has 0 amide bonds. The highest BCUT2D eigenvalue weighted by Gasteiger charge is 2.32. The normalized spacial score (nSPS) is 11.0. The van der Waals surface area contributed by atoms with E-state index in [0.717, 1.165) is 6.07 Å². The van der Waals surface area contributed by atoms with Crippen LogP contribution in [0.15, 0.2) is 30.6 Å². The molecule has 0 unspecified atom stereocenters. The first-order valence-corrected chi connectivity index (χ1v) is 5.67. The molecule has 108 valence electrons. The van der Waals surface area contributed by atoms with Gasteiger partial charge in [0.2, 0.25) is 0 Å². The molecule has 0 spiro atoms. The third-order valence-electron chi connectivity index (χ3n) is 2.56. The first-order chi connectivity index (χ1) is 9.93. The van der Waals surface area contributed by atoms with Crippen molar-refractivity contribution >= 4 is 6.29 Å². The van der Waals surface area contributed by atoms with E-state index in [9.17, 15) is 18.0 Å². The molecule has 0 fully saturated rings. The maximum absolute atomic E-state index is 12.2. The minimum atomic E-state index is -4.86. The summed E-state index contributed by atoms with van der Waals surface area (Å²) in [7, 11) is 0. The molecule has 0 N–H and O–H groups in total. The Kier molecular flexibility index (Phi) is 3.93. The van der Waals surface area contributed by atoms with Gasteiger partial charge in [-0.25, -0.2) is 0 Å². The lowest BCUT2D eigenvalue weighted by atomic mass is 10.1. The predicted octanol–water partition coefficient (Wildman–Crippen LogP) is 2.78. The Morgan fingerprint density at radius 2 is 2.14 bits per heavy atom. The zero-order chi connectivity index (χ0) is 15.5. The molecule has 5 nitrogen and oxygen atoms in total. The van der Waals surface area contributed by atoms with Crippen molar-refractivity contribution in [1.29, 1.82) is 5.26 Å². The van der Waals surface area contributed by atoms with E-state index in [1.807, 2.05) is 6.07 Å². The Labute approximate surface area is 117 Å². The summed E-state index contributed by atoms with van der Waals surface area (Å²) >= 11 is 0. The van der Waals surface area contributed by atoms with Crippen molar-refractivity contribution in [3.63, 3.8) is 0 Å². The van der Waals surface area contributed by atoms with Crippen molar-refractivity contribution in [2.45, 2.75) is 12.9 Å². The third-order valence-corrected chi connectivity index (χ3v) is 2.56. The molecule has 1 aromatic carbocycles. The molecular formula is C13H8F3N3O2. The van der Waals surface area contributed by atoms with Crippen molar-refractivity contribution in [1.82, 2.24) is 9.78 Å². The van der Waals surface area contributed by atoms with Gasteiger partial charge in [-0.1, -0.05) is 6.07 Å². The summed E-state index contributed by atoms with van der Waals surface area (Å²) in [5, 5.41) is 12.5. The number of rotatable bonds is 4. The van der Waals surface area contributed by atoms with Crippen LogP contribution in [0.1, 0.15) is 10.4 Å². The molecule has 0 saturated heterocycles. The Balaban J connectivity index is 2.34. The van der Waals surface area contributed by atoms with Crippen molar-refractivity contribution in [2.24, 2.45) is 0 Å². The number of halogens is 3. The van der Waals surface area contributed by atoms with Gasteiger partial charge in [-0.05, 0) is 17.7 Å². The van der Waals surface area contributed by atoms with Gasteiger partial charge in [0.15, 0.2) is 6.29 Å². The number of hydrogen-bond acceptors (Lipinski definition) is 4. The summed E-state index contributed by atoms with van der Waals surface area (Å²) in [6, 6.07) is 5.61. The van der Waals surface area contributed by atoms with Crippen molar-refractivity contribution in [3.8, 4) is 22.9 Å². The zero-order valence-corrected chi connectivity index (χ0v) is 10.5. The fraction of sp³-hybridized carbons (Fsp3) is 0.154. The smallest absolute Gasteiger partial charge is 0.405 e. The second-order valence-corrected chi connectivity index (χ2v) is 4.00. The average Bonchev–Trinajstić information content (AvgIpc) is 2.86. The highest BCUT2D eigenvalue weighted by atomic mass is 19.4. The average molecular weight is 295 g/mol. The Bertz CT molecular complexity index is 701. The maximum Gasteiger partial charge on any atom is 0.573 e. The van der Waals surface area contributed by atoms with Crippen LogP contribution in [-0.2, 0) is 6.54 Å². The largest absolute Gasteiger partial charge is 0.573 e. The molecule has 0 aliphatic rings. The first kappa shape index (κ1) is 14.6. The van der Waals surface area contributed by atoms with Crippen LogP contribution in [0.2, 0.25) is 0 Å². The minimum absolute atomic E-state index is 0.0514. The monoisotopic (exact) mass is 295 g/mol. The number of carbonyl (C=O) groups excluding carboxylic acids is 1. The topological polar surface area (TPSA) is 67.9 Å². The van der Waals surface area contributed by atoms with E-state index in [1.165, 1.54) is 23.0 Å². The van der Waals surface area contributed by atoms with Crippen LogP contribution in [0.5, 0.6) is 5.75 Å². The number of nitrogens with zero attached hydrogens (tertiary/aromatic N) is 3. The van der Waals surface area contributed by atoms with Gasteiger partial charge in [-0.15, -0.1) is 13.2 Å². The van der Waals surface area contributed by atoms with Gasteiger partial charge < -0.3 is 4.74 Å². The van der Waals surface area contributed by atoms with Crippen LogP contribution in [-0.4, -0.2) is 22.4 Å². The lowest BCUT2D eigenvalue weighted by molar-refractivity contribution is -0.274. The number of benzene rings is 1. The van der Waals surface area contributed by atoms with Crippen LogP contribution >= 0.6 is 0 Å². The second-order valence-electron chi connectivity index (χ2n) is 4.00. The summed E-state index contributed by atoms with van der Waals surface area (Å²) in [6.45, 7) is 0.0514. The van der Waals surface area contributed by atoms with Gasteiger partial charge in [0.05, 0.1) is 17.8 Å². The number of carbonyl (C=O) groups is 1. The molecular weight excluding hydrogens is 287 g/mol. The lowest BCUT2D eigenvalue weighted by Crippen LogP contribution is -2.18. The molecule has 21 heavy (non-hydrogen) atoms. The van der Waals surface area contributed by atoms with Crippen LogP contribution in [0, 0.1) is 11.3 Å². The molecule has 0 bridgehead atoms. The predicted molar refractivity (Wildman–Crippen MR) is 65.3 cm³/mol. The maximum atomic E-state index is 12.2. The highest BCUT2D eigenvalue weighted by molar-refractivity contribution is 5.82. The quantitative estimate of drug-likeness (QED) is 0.813. The molecule has 2 rings (SSSR count). The summed E-state index contributed by atoms with van der Waals surface area (Å²) in [4.78, 5) is 10.9. The lowest BCUT2D eigenvalue weighted by Gasteiger charge is -2.11. The zero-order valence-electron chi connectivity index (χ0n) is 10.5. The van der Waals surface area contributed by atoms with Crippen molar-refractivity contribution < 1.29 is 22.7 Å². The van der Waals surface area contributed by atoms with Crippen molar-refractivity contribution in [3.05, 3.63) is 36.2 Å². The molecule has 0 radical (unpaired) electrons. The van der Waals surface area contributed by atoms with E-state index in [1.54, 1.807) is 6.20 Å². The molecule has 1 aromatic heterocycles. The van der Waals surface area contributed by atoms with Gasteiger partial charge in [-0.2, -0.15) is 10.4 Å². The number of hydrogen-bond donors (Lipinski definition) is 0. The minimum Gasteiger partial charge on any atom is -0.405 e. The fourth-order valence-corrected chi connectivity index (χ4v) is 1.71. The van der Waals surface area contributed by atoms with Crippen LogP contribution < -0.4 is 4.74 Å². The summed E-state index contributed by atoms with van der Waals surface area (Å²) in [5.41, 5.74) is 0.848. The van der Waals surface area contributed by atoms with Gasteiger partial charge in [0.1, 0.15) is 12.3 Å². The summed E-state index contributed by atoms with van der Waals surface area (Å²) in [5.74, 6) is -0.564. The number of nitriles is 1.